The molecule has 1 fully saturated rings. The van der Waals surface area contributed by atoms with Crippen LogP contribution in [0.4, 0.5) is 0 Å². The first-order valence-electron chi connectivity index (χ1n) is 7.35. The molecule has 1 aromatic rings. The van der Waals surface area contributed by atoms with Crippen LogP contribution in [0.15, 0.2) is 24.3 Å². The van der Waals surface area contributed by atoms with Crippen LogP contribution in [-0.2, 0) is 16.1 Å². The van der Waals surface area contributed by atoms with Crippen LogP contribution >= 0.6 is 0 Å². The lowest BCUT2D eigenvalue weighted by Gasteiger charge is -2.33. The maximum Gasteiger partial charge on any atom is 0.231 e. The number of nitrogens with one attached hydrogen (secondary N) is 1. The summed E-state index contributed by atoms with van der Waals surface area (Å²) >= 11 is 0. The molecule has 0 aliphatic carbocycles. The lowest BCUT2D eigenvalue weighted by Crippen LogP contribution is -2.46. The third-order valence-electron chi connectivity index (χ3n) is 4.57. The third-order valence-corrected chi connectivity index (χ3v) is 4.57. The number of likely N-dealkylation sites (N-methyl/N-ethyl adjacent to an activating group) is 1. The quantitative estimate of drug-likeness (QED) is 0.889. The zero-order valence-corrected chi connectivity index (χ0v) is 12.1. The van der Waals surface area contributed by atoms with Crippen LogP contribution in [0, 0.1) is 0 Å². The first-order valence-corrected chi connectivity index (χ1v) is 7.35. The fourth-order valence-electron chi connectivity index (χ4n) is 3.35. The van der Waals surface area contributed by atoms with Crippen LogP contribution in [-0.4, -0.2) is 43.2 Å². The number of carbonyl (C=O) groups excluding carboxylic acids is 1. The highest BCUT2D eigenvalue weighted by Crippen LogP contribution is 2.28. The largest absolute Gasteiger partial charge is 0.376 e. The van der Waals surface area contributed by atoms with Crippen molar-refractivity contribution in [1.29, 1.82) is 0 Å². The minimum absolute atomic E-state index is 0.0715. The molecule has 0 aromatic heterocycles. The summed E-state index contributed by atoms with van der Waals surface area (Å²) in [7, 11) is 1.91. The van der Waals surface area contributed by atoms with Crippen LogP contribution < -0.4 is 5.32 Å². The van der Waals surface area contributed by atoms with E-state index in [0.29, 0.717) is 0 Å². The van der Waals surface area contributed by atoms with Gasteiger partial charge in [-0.15, -0.1) is 0 Å². The Morgan fingerprint density at radius 2 is 2.20 bits per heavy atom. The number of rotatable bonds is 2. The number of ether oxygens (including phenoxy) is 1. The molecule has 2 heterocycles. The number of hydrogen-bond acceptors (Lipinski definition) is 3. The van der Waals surface area contributed by atoms with E-state index in [2.05, 4.69) is 24.4 Å². The number of fused-ring (bicyclic) bond motifs is 1. The summed E-state index contributed by atoms with van der Waals surface area (Å²) in [6.45, 7) is 4.38. The fraction of sp³-hybridized carbons (Fsp3) is 0.562. The number of benzene rings is 1. The molecule has 3 atom stereocenters. The van der Waals surface area contributed by atoms with E-state index in [9.17, 15) is 4.79 Å². The highest BCUT2D eigenvalue weighted by molar-refractivity contribution is 5.85. The van der Waals surface area contributed by atoms with Crippen LogP contribution in [0.5, 0.6) is 0 Å². The number of nitrogens with zero attached hydrogens (tertiary/aromatic N) is 1. The summed E-state index contributed by atoms with van der Waals surface area (Å²) in [5.41, 5.74) is 2.41. The Morgan fingerprint density at radius 3 is 2.95 bits per heavy atom. The van der Waals surface area contributed by atoms with Gasteiger partial charge in [0.2, 0.25) is 5.91 Å². The second-order valence-corrected chi connectivity index (χ2v) is 5.76. The smallest absolute Gasteiger partial charge is 0.231 e. The van der Waals surface area contributed by atoms with E-state index >= 15 is 0 Å². The Bertz CT molecular complexity index is 503. The number of carbonyl (C=O) groups is 1. The molecule has 0 spiro atoms. The Balaban J connectivity index is 1.81. The molecule has 0 bridgehead atoms. The standard InChI is InChI=1S/C16H22N2O2/c1-11-15(7-8-20-11)18(2)16(19)14-10-17-9-12-5-3-4-6-13(12)14/h3-6,11,14-15,17H,7-10H2,1-2H3. The minimum atomic E-state index is -0.0715. The summed E-state index contributed by atoms with van der Waals surface area (Å²) in [6, 6.07) is 8.44. The van der Waals surface area contributed by atoms with Crippen molar-refractivity contribution >= 4 is 5.91 Å². The van der Waals surface area contributed by atoms with E-state index in [-0.39, 0.29) is 24.0 Å². The maximum absolute atomic E-state index is 12.8. The first kappa shape index (κ1) is 13.6. The molecule has 3 rings (SSSR count). The second kappa shape index (κ2) is 5.54. The number of hydrogen-bond donors (Lipinski definition) is 1. The van der Waals surface area contributed by atoms with Crippen molar-refractivity contribution < 1.29 is 9.53 Å². The van der Waals surface area contributed by atoms with E-state index in [1.807, 2.05) is 24.1 Å². The molecule has 1 N–H and O–H groups in total. The van der Waals surface area contributed by atoms with Crippen LogP contribution in [0.3, 0.4) is 0 Å². The highest BCUT2D eigenvalue weighted by atomic mass is 16.5. The van der Waals surface area contributed by atoms with Crippen LogP contribution in [0.2, 0.25) is 0 Å². The average Bonchev–Trinajstić information content (AvgIpc) is 2.91. The van der Waals surface area contributed by atoms with Crippen molar-refractivity contribution in [2.24, 2.45) is 0 Å². The number of amides is 1. The molecule has 2 aliphatic rings. The van der Waals surface area contributed by atoms with Gasteiger partial charge < -0.3 is 15.0 Å². The highest BCUT2D eigenvalue weighted by Gasteiger charge is 2.35. The van der Waals surface area contributed by atoms with Crippen molar-refractivity contribution in [3.05, 3.63) is 35.4 Å². The summed E-state index contributed by atoms with van der Waals surface area (Å²) in [4.78, 5) is 14.7. The zero-order valence-electron chi connectivity index (χ0n) is 12.1. The molecule has 0 radical (unpaired) electrons. The topological polar surface area (TPSA) is 41.6 Å². The van der Waals surface area contributed by atoms with Gasteiger partial charge in [0.15, 0.2) is 0 Å². The van der Waals surface area contributed by atoms with Gasteiger partial charge in [0.25, 0.3) is 0 Å². The van der Waals surface area contributed by atoms with Gasteiger partial charge in [0, 0.05) is 26.7 Å². The zero-order chi connectivity index (χ0) is 14.1. The van der Waals surface area contributed by atoms with Crippen LogP contribution in [0.1, 0.15) is 30.4 Å². The van der Waals surface area contributed by atoms with E-state index in [0.717, 1.165) is 26.1 Å². The van der Waals surface area contributed by atoms with Gasteiger partial charge in [-0.1, -0.05) is 24.3 Å². The predicted octanol–water partition coefficient (Wildman–Crippen LogP) is 1.51. The van der Waals surface area contributed by atoms with Gasteiger partial charge >= 0.3 is 0 Å². The first-order chi connectivity index (χ1) is 9.68. The predicted molar refractivity (Wildman–Crippen MR) is 77.5 cm³/mol. The molecule has 2 aliphatic heterocycles. The maximum atomic E-state index is 12.8. The molecule has 4 nitrogen and oxygen atoms in total. The third kappa shape index (κ3) is 2.34. The fourth-order valence-corrected chi connectivity index (χ4v) is 3.35. The lowest BCUT2D eigenvalue weighted by molar-refractivity contribution is -0.134. The minimum Gasteiger partial charge on any atom is -0.376 e. The van der Waals surface area contributed by atoms with Gasteiger partial charge in [-0.3, -0.25) is 4.79 Å². The van der Waals surface area contributed by atoms with E-state index in [4.69, 9.17) is 4.74 Å². The summed E-state index contributed by atoms with van der Waals surface area (Å²) in [6.07, 6.45) is 1.07. The Hall–Kier alpha value is -1.39. The molecule has 1 amide bonds. The second-order valence-electron chi connectivity index (χ2n) is 5.76. The SMILES string of the molecule is CC1OCCC1N(C)C(=O)C1CNCc2ccccc21. The van der Waals surface area contributed by atoms with Crippen molar-refractivity contribution in [2.75, 3.05) is 20.2 Å². The molecule has 4 heteroatoms. The lowest BCUT2D eigenvalue weighted by atomic mass is 9.89. The molecular formula is C16H22N2O2. The average molecular weight is 274 g/mol. The van der Waals surface area contributed by atoms with Crippen molar-refractivity contribution in [3.8, 4) is 0 Å². The van der Waals surface area contributed by atoms with Gasteiger partial charge in [-0.05, 0) is 24.5 Å². The normalized spacial score (nSPS) is 29.0. The molecule has 1 saturated heterocycles. The summed E-state index contributed by atoms with van der Waals surface area (Å²) in [5, 5.41) is 3.35. The van der Waals surface area contributed by atoms with E-state index < -0.39 is 0 Å². The monoisotopic (exact) mass is 274 g/mol. The molecule has 1 aromatic carbocycles. The molecule has 0 saturated carbocycles. The Kier molecular flexibility index (Phi) is 3.76. The molecule has 3 unspecified atom stereocenters. The van der Waals surface area contributed by atoms with Gasteiger partial charge in [0.1, 0.15) is 0 Å². The van der Waals surface area contributed by atoms with E-state index in [1.165, 1.54) is 11.1 Å². The van der Waals surface area contributed by atoms with E-state index in [1.54, 1.807) is 0 Å². The molecule has 108 valence electrons. The van der Waals surface area contributed by atoms with Crippen LogP contribution in [0.25, 0.3) is 0 Å². The van der Waals surface area contributed by atoms with Gasteiger partial charge in [0.05, 0.1) is 18.1 Å². The molecular weight excluding hydrogens is 252 g/mol. The van der Waals surface area contributed by atoms with Crippen molar-refractivity contribution in [3.63, 3.8) is 0 Å². The molecule has 20 heavy (non-hydrogen) atoms. The van der Waals surface area contributed by atoms with Crippen molar-refractivity contribution in [2.45, 2.75) is 38.0 Å². The Morgan fingerprint density at radius 1 is 1.40 bits per heavy atom. The van der Waals surface area contributed by atoms with Gasteiger partial charge in [-0.25, -0.2) is 0 Å². The summed E-state index contributed by atoms with van der Waals surface area (Å²) < 4.78 is 5.58. The summed E-state index contributed by atoms with van der Waals surface area (Å²) in [5.74, 6) is 0.129. The van der Waals surface area contributed by atoms with Gasteiger partial charge in [-0.2, -0.15) is 0 Å². The van der Waals surface area contributed by atoms with Crippen molar-refractivity contribution in [1.82, 2.24) is 10.2 Å². The Labute approximate surface area is 120 Å².